The van der Waals surface area contributed by atoms with E-state index in [0.717, 1.165) is 32.6 Å². The van der Waals surface area contributed by atoms with Crippen molar-refractivity contribution >= 4 is 11.5 Å². The van der Waals surface area contributed by atoms with Crippen molar-refractivity contribution in [1.82, 2.24) is 14.9 Å². The summed E-state index contributed by atoms with van der Waals surface area (Å²) in [6.07, 6.45) is 2.47. The third-order valence-corrected chi connectivity index (χ3v) is 2.89. The van der Waals surface area contributed by atoms with Gasteiger partial charge in [-0.05, 0) is 20.0 Å². The Kier molecular flexibility index (Phi) is 3.09. The zero-order valence-electron chi connectivity index (χ0n) is 9.44. The van der Waals surface area contributed by atoms with Gasteiger partial charge in [0.15, 0.2) is 5.82 Å². The van der Waals surface area contributed by atoms with Gasteiger partial charge in [-0.2, -0.15) is 0 Å². The lowest BCUT2D eigenvalue weighted by Crippen LogP contribution is -2.31. The summed E-state index contributed by atoms with van der Waals surface area (Å²) in [6, 6.07) is 0. The van der Waals surface area contributed by atoms with E-state index < -0.39 is 0 Å². The molecule has 6 heteroatoms. The molecule has 2 rings (SSSR count). The lowest BCUT2D eigenvalue weighted by Gasteiger charge is -2.22. The van der Waals surface area contributed by atoms with Crippen molar-refractivity contribution in [2.24, 2.45) is 0 Å². The maximum atomic E-state index is 11.4. The lowest BCUT2D eigenvalue weighted by atomic mass is 10.3. The van der Waals surface area contributed by atoms with Crippen molar-refractivity contribution in [3.05, 3.63) is 16.7 Å². The summed E-state index contributed by atoms with van der Waals surface area (Å²) >= 11 is 0. The topological polar surface area (TPSA) is 78.2 Å². The Labute approximate surface area is 94.1 Å². The first-order valence-corrected chi connectivity index (χ1v) is 5.45. The molecule has 3 N–H and O–H groups in total. The van der Waals surface area contributed by atoms with Crippen molar-refractivity contribution in [3.63, 3.8) is 0 Å². The molecule has 0 radical (unpaired) electrons. The molecule has 0 unspecified atom stereocenters. The molecule has 1 aromatic heterocycles. The van der Waals surface area contributed by atoms with E-state index in [9.17, 15) is 4.79 Å². The molecule has 0 saturated carbocycles. The number of rotatable bonds is 1. The van der Waals surface area contributed by atoms with Gasteiger partial charge in [0, 0.05) is 19.6 Å². The van der Waals surface area contributed by atoms with Gasteiger partial charge < -0.3 is 20.5 Å². The third-order valence-electron chi connectivity index (χ3n) is 2.89. The van der Waals surface area contributed by atoms with Crippen LogP contribution in [0.5, 0.6) is 0 Å². The fourth-order valence-electron chi connectivity index (χ4n) is 1.91. The molecule has 0 spiro atoms. The quantitative estimate of drug-likeness (QED) is 0.670. The van der Waals surface area contributed by atoms with Crippen LogP contribution in [-0.4, -0.2) is 48.1 Å². The minimum atomic E-state index is -0.261. The normalized spacial score (nSPS) is 18.4. The van der Waals surface area contributed by atoms with Crippen molar-refractivity contribution in [2.75, 3.05) is 43.9 Å². The predicted octanol–water partition coefficient (Wildman–Crippen LogP) is -0.506. The number of likely N-dealkylation sites (N-methyl/N-ethyl adjacent to an activating group) is 1. The molecule has 88 valence electrons. The molecule has 1 aliphatic heterocycles. The summed E-state index contributed by atoms with van der Waals surface area (Å²) < 4.78 is 0. The molecule has 2 heterocycles. The number of anilines is 2. The van der Waals surface area contributed by atoms with E-state index in [0.29, 0.717) is 5.82 Å². The first-order chi connectivity index (χ1) is 7.68. The molecule has 16 heavy (non-hydrogen) atoms. The fraction of sp³-hybridized carbons (Fsp3) is 0.600. The van der Waals surface area contributed by atoms with Gasteiger partial charge in [-0.15, -0.1) is 0 Å². The number of nitrogens with two attached hydrogens (primary N) is 1. The molecule has 0 amide bonds. The number of nitrogens with one attached hydrogen (secondary N) is 1. The summed E-state index contributed by atoms with van der Waals surface area (Å²) in [6.45, 7) is 3.79. The Morgan fingerprint density at radius 1 is 1.38 bits per heavy atom. The predicted molar refractivity (Wildman–Crippen MR) is 63.6 cm³/mol. The fourth-order valence-corrected chi connectivity index (χ4v) is 1.91. The number of H-pyrrole nitrogens is 1. The number of aromatic nitrogens is 2. The monoisotopic (exact) mass is 223 g/mol. The Balaban J connectivity index is 2.23. The van der Waals surface area contributed by atoms with E-state index >= 15 is 0 Å². The van der Waals surface area contributed by atoms with Crippen molar-refractivity contribution < 1.29 is 0 Å². The van der Waals surface area contributed by atoms with Crippen LogP contribution in [0.15, 0.2) is 11.1 Å². The molecule has 1 saturated heterocycles. The zero-order valence-corrected chi connectivity index (χ0v) is 9.44. The molecule has 1 aliphatic rings. The van der Waals surface area contributed by atoms with Gasteiger partial charge in [-0.25, -0.2) is 4.98 Å². The largest absolute Gasteiger partial charge is 0.391 e. The Morgan fingerprint density at radius 3 is 3.00 bits per heavy atom. The number of nitrogens with zero attached hydrogens (tertiary/aromatic N) is 3. The molecule has 0 aromatic carbocycles. The van der Waals surface area contributed by atoms with Crippen LogP contribution in [0, 0.1) is 0 Å². The maximum absolute atomic E-state index is 11.4. The van der Waals surface area contributed by atoms with E-state index in [-0.39, 0.29) is 11.2 Å². The van der Waals surface area contributed by atoms with E-state index in [2.05, 4.69) is 26.8 Å². The third kappa shape index (κ3) is 2.16. The Morgan fingerprint density at radius 2 is 2.19 bits per heavy atom. The molecule has 1 aromatic rings. The molecule has 0 bridgehead atoms. The average Bonchev–Trinajstić information content (AvgIpc) is 2.47. The van der Waals surface area contributed by atoms with Gasteiger partial charge in [-0.1, -0.05) is 0 Å². The van der Waals surface area contributed by atoms with Crippen LogP contribution in [0.1, 0.15) is 6.42 Å². The molecule has 1 fully saturated rings. The van der Waals surface area contributed by atoms with Crippen LogP contribution < -0.4 is 16.2 Å². The standard InChI is InChI=1S/C10H17N5O/c1-14-3-2-4-15(6-5-14)9-8(11)10(16)13-7-12-9/h7H,2-6,11H2,1H3,(H,12,13,16). The van der Waals surface area contributed by atoms with Crippen molar-refractivity contribution in [3.8, 4) is 0 Å². The zero-order chi connectivity index (χ0) is 11.5. The number of hydrogen-bond acceptors (Lipinski definition) is 5. The van der Waals surface area contributed by atoms with Gasteiger partial charge in [-0.3, -0.25) is 4.79 Å². The van der Waals surface area contributed by atoms with Crippen LogP contribution in [0.3, 0.4) is 0 Å². The van der Waals surface area contributed by atoms with E-state index in [1.54, 1.807) is 0 Å². The van der Waals surface area contributed by atoms with Crippen LogP contribution in [0.4, 0.5) is 11.5 Å². The summed E-state index contributed by atoms with van der Waals surface area (Å²) in [4.78, 5) is 22.4. The summed E-state index contributed by atoms with van der Waals surface area (Å²) in [7, 11) is 2.10. The first kappa shape index (κ1) is 10.9. The van der Waals surface area contributed by atoms with Crippen molar-refractivity contribution in [2.45, 2.75) is 6.42 Å². The number of nitrogen functional groups attached to an aromatic ring is 1. The van der Waals surface area contributed by atoms with Gasteiger partial charge >= 0.3 is 0 Å². The Bertz CT molecular complexity index is 416. The smallest absolute Gasteiger partial charge is 0.276 e. The van der Waals surface area contributed by atoms with E-state index in [1.165, 1.54) is 6.33 Å². The van der Waals surface area contributed by atoms with Gasteiger partial charge in [0.1, 0.15) is 5.69 Å². The lowest BCUT2D eigenvalue weighted by molar-refractivity contribution is 0.360. The van der Waals surface area contributed by atoms with E-state index in [1.807, 2.05) is 0 Å². The van der Waals surface area contributed by atoms with Gasteiger partial charge in [0.2, 0.25) is 0 Å². The van der Waals surface area contributed by atoms with Crippen LogP contribution in [-0.2, 0) is 0 Å². The second kappa shape index (κ2) is 4.52. The molecule has 0 aliphatic carbocycles. The molecule has 0 atom stereocenters. The second-order valence-corrected chi connectivity index (χ2v) is 4.11. The second-order valence-electron chi connectivity index (χ2n) is 4.11. The van der Waals surface area contributed by atoms with E-state index in [4.69, 9.17) is 5.73 Å². The Hall–Kier alpha value is -1.56. The highest BCUT2D eigenvalue weighted by Crippen LogP contribution is 2.16. The summed E-state index contributed by atoms with van der Waals surface area (Å²) in [5.41, 5.74) is 5.69. The maximum Gasteiger partial charge on any atom is 0.276 e. The minimum absolute atomic E-state index is 0.215. The highest BCUT2D eigenvalue weighted by Gasteiger charge is 2.16. The highest BCUT2D eigenvalue weighted by molar-refractivity contribution is 5.60. The van der Waals surface area contributed by atoms with Crippen molar-refractivity contribution in [1.29, 1.82) is 0 Å². The SMILES string of the molecule is CN1CCCN(c2nc[nH]c(=O)c2N)CC1. The average molecular weight is 223 g/mol. The molecule has 6 nitrogen and oxygen atoms in total. The minimum Gasteiger partial charge on any atom is -0.391 e. The van der Waals surface area contributed by atoms with Crippen LogP contribution in [0.25, 0.3) is 0 Å². The molecular formula is C10H17N5O. The summed E-state index contributed by atoms with van der Waals surface area (Å²) in [5.74, 6) is 0.610. The van der Waals surface area contributed by atoms with Gasteiger partial charge in [0.25, 0.3) is 5.56 Å². The number of aromatic amines is 1. The molecular weight excluding hydrogens is 206 g/mol. The highest BCUT2D eigenvalue weighted by atomic mass is 16.1. The number of hydrogen-bond donors (Lipinski definition) is 2. The van der Waals surface area contributed by atoms with Gasteiger partial charge in [0.05, 0.1) is 6.33 Å². The first-order valence-electron chi connectivity index (χ1n) is 5.45. The summed E-state index contributed by atoms with van der Waals surface area (Å²) in [5, 5.41) is 0. The van der Waals surface area contributed by atoms with Crippen LogP contribution >= 0.6 is 0 Å². The van der Waals surface area contributed by atoms with Crippen LogP contribution in [0.2, 0.25) is 0 Å².